The number of nitrogens with zero attached hydrogens (tertiary/aromatic N) is 1. The molecule has 0 aromatic rings. The smallest absolute Gasteiger partial charge is 0.0118 e. The van der Waals surface area contributed by atoms with E-state index in [1.54, 1.807) is 0 Å². The molecule has 2 nitrogen and oxygen atoms in total. The molecule has 108 valence electrons. The lowest BCUT2D eigenvalue weighted by molar-refractivity contribution is 0.140. The fourth-order valence-electron chi connectivity index (χ4n) is 3.13. The first-order valence-electron chi connectivity index (χ1n) is 8.02. The van der Waals surface area contributed by atoms with Gasteiger partial charge in [-0.25, -0.2) is 0 Å². The number of nitrogens with one attached hydrogen (secondary N) is 1. The van der Waals surface area contributed by atoms with Crippen molar-refractivity contribution in [3.8, 4) is 0 Å². The lowest BCUT2D eigenvalue weighted by atomic mass is 9.85. The second-order valence-electron chi connectivity index (χ2n) is 6.60. The van der Waals surface area contributed by atoms with Gasteiger partial charge in [0.25, 0.3) is 0 Å². The Morgan fingerprint density at radius 1 is 1.17 bits per heavy atom. The van der Waals surface area contributed by atoms with Gasteiger partial charge in [-0.15, -0.1) is 0 Å². The summed E-state index contributed by atoms with van der Waals surface area (Å²) in [7, 11) is 2.31. The molecular weight excluding hydrogens is 220 g/mol. The van der Waals surface area contributed by atoms with E-state index >= 15 is 0 Å². The Morgan fingerprint density at radius 3 is 2.56 bits per heavy atom. The zero-order valence-corrected chi connectivity index (χ0v) is 13.0. The molecule has 2 heteroatoms. The molecule has 0 radical (unpaired) electrons. The Hall–Kier alpha value is -0.0800. The van der Waals surface area contributed by atoms with Crippen LogP contribution in [-0.4, -0.2) is 37.6 Å². The molecule has 1 saturated carbocycles. The standard InChI is InChI=1S/C16H34N2/c1-14(2)8-7-11-17-12-13-18(4)16-10-6-5-9-15(16)3/h14-17H,5-13H2,1-4H3. The van der Waals surface area contributed by atoms with Gasteiger partial charge in [0.1, 0.15) is 0 Å². The maximum Gasteiger partial charge on any atom is 0.0118 e. The van der Waals surface area contributed by atoms with Crippen molar-refractivity contribution in [2.24, 2.45) is 11.8 Å². The van der Waals surface area contributed by atoms with Crippen molar-refractivity contribution < 1.29 is 0 Å². The first kappa shape index (κ1) is 16.0. The van der Waals surface area contributed by atoms with Crippen LogP contribution < -0.4 is 5.32 Å². The molecule has 1 aliphatic carbocycles. The fraction of sp³-hybridized carbons (Fsp3) is 1.00. The highest BCUT2D eigenvalue weighted by Crippen LogP contribution is 2.26. The van der Waals surface area contributed by atoms with Gasteiger partial charge in [-0.1, -0.05) is 33.6 Å². The summed E-state index contributed by atoms with van der Waals surface area (Å²) in [6.45, 7) is 10.6. The first-order chi connectivity index (χ1) is 8.61. The fourth-order valence-corrected chi connectivity index (χ4v) is 3.13. The zero-order chi connectivity index (χ0) is 13.4. The minimum Gasteiger partial charge on any atom is -0.315 e. The normalized spacial score (nSPS) is 25.0. The molecule has 0 amide bonds. The largest absolute Gasteiger partial charge is 0.315 e. The van der Waals surface area contributed by atoms with Gasteiger partial charge in [0.05, 0.1) is 0 Å². The number of likely N-dealkylation sites (N-methyl/N-ethyl adjacent to an activating group) is 1. The molecule has 0 spiro atoms. The third-order valence-electron chi connectivity index (χ3n) is 4.41. The summed E-state index contributed by atoms with van der Waals surface area (Å²) in [5.74, 6) is 1.74. The van der Waals surface area contributed by atoms with Crippen LogP contribution in [0.1, 0.15) is 59.3 Å². The summed E-state index contributed by atoms with van der Waals surface area (Å²) in [6.07, 6.45) is 8.38. The van der Waals surface area contributed by atoms with Crippen LogP contribution in [0.15, 0.2) is 0 Å². The Labute approximate surface area is 115 Å². The van der Waals surface area contributed by atoms with E-state index in [0.29, 0.717) is 0 Å². The van der Waals surface area contributed by atoms with Crippen molar-refractivity contribution in [1.82, 2.24) is 10.2 Å². The van der Waals surface area contributed by atoms with Crippen LogP contribution in [0, 0.1) is 11.8 Å². The van der Waals surface area contributed by atoms with Gasteiger partial charge in [-0.2, -0.15) is 0 Å². The molecule has 18 heavy (non-hydrogen) atoms. The van der Waals surface area contributed by atoms with Crippen LogP contribution in [0.2, 0.25) is 0 Å². The van der Waals surface area contributed by atoms with Crippen LogP contribution in [-0.2, 0) is 0 Å². The molecule has 1 aliphatic rings. The average Bonchev–Trinajstić information content (AvgIpc) is 2.33. The van der Waals surface area contributed by atoms with Gasteiger partial charge in [-0.3, -0.25) is 0 Å². The number of hydrogen-bond acceptors (Lipinski definition) is 2. The van der Waals surface area contributed by atoms with Gasteiger partial charge >= 0.3 is 0 Å². The molecule has 0 aromatic heterocycles. The predicted octanol–water partition coefficient (Wildman–Crippen LogP) is 3.52. The van der Waals surface area contributed by atoms with Gasteiger partial charge in [0.2, 0.25) is 0 Å². The molecular formula is C16H34N2. The monoisotopic (exact) mass is 254 g/mol. The average molecular weight is 254 g/mol. The van der Waals surface area contributed by atoms with Crippen LogP contribution in [0.4, 0.5) is 0 Å². The second kappa shape index (κ2) is 8.92. The highest BCUT2D eigenvalue weighted by atomic mass is 15.1. The molecule has 2 unspecified atom stereocenters. The minimum absolute atomic E-state index is 0.830. The molecule has 0 heterocycles. The topological polar surface area (TPSA) is 15.3 Å². The van der Waals surface area contributed by atoms with E-state index in [1.807, 2.05) is 0 Å². The number of rotatable bonds is 8. The van der Waals surface area contributed by atoms with Crippen molar-refractivity contribution in [2.45, 2.75) is 65.3 Å². The molecule has 1 rings (SSSR count). The summed E-state index contributed by atoms with van der Waals surface area (Å²) in [5.41, 5.74) is 0. The maximum atomic E-state index is 3.58. The SMILES string of the molecule is CC(C)CCCNCCN(C)C1CCCCC1C. The van der Waals surface area contributed by atoms with Crippen LogP contribution in [0.5, 0.6) is 0 Å². The first-order valence-corrected chi connectivity index (χ1v) is 8.02. The Balaban J connectivity index is 2.04. The van der Waals surface area contributed by atoms with Crippen LogP contribution in [0.3, 0.4) is 0 Å². The van der Waals surface area contributed by atoms with E-state index in [0.717, 1.165) is 24.4 Å². The van der Waals surface area contributed by atoms with Crippen LogP contribution >= 0.6 is 0 Å². The molecule has 1 fully saturated rings. The van der Waals surface area contributed by atoms with Crippen molar-refractivity contribution in [3.63, 3.8) is 0 Å². The van der Waals surface area contributed by atoms with E-state index in [9.17, 15) is 0 Å². The van der Waals surface area contributed by atoms with Crippen LogP contribution in [0.25, 0.3) is 0 Å². The zero-order valence-electron chi connectivity index (χ0n) is 13.0. The second-order valence-corrected chi connectivity index (χ2v) is 6.60. The lowest BCUT2D eigenvalue weighted by Crippen LogP contribution is -2.42. The highest BCUT2D eigenvalue weighted by Gasteiger charge is 2.24. The quantitative estimate of drug-likeness (QED) is 0.667. The molecule has 0 bridgehead atoms. The molecule has 1 N–H and O–H groups in total. The number of hydrogen-bond donors (Lipinski definition) is 1. The summed E-state index contributed by atoms with van der Waals surface area (Å²) in [5, 5.41) is 3.58. The van der Waals surface area contributed by atoms with Gasteiger partial charge < -0.3 is 10.2 Å². The van der Waals surface area contributed by atoms with Crippen molar-refractivity contribution in [3.05, 3.63) is 0 Å². The minimum atomic E-state index is 0.830. The highest BCUT2D eigenvalue weighted by molar-refractivity contribution is 4.79. The van der Waals surface area contributed by atoms with E-state index in [4.69, 9.17) is 0 Å². The molecule has 0 aliphatic heterocycles. The summed E-state index contributed by atoms with van der Waals surface area (Å²) in [4.78, 5) is 2.58. The molecule has 0 aromatic carbocycles. The van der Waals surface area contributed by atoms with E-state index in [2.05, 4.69) is 38.0 Å². The Kier molecular flexibility index (Phi) is 7.92. The molecule has 2 atom stereocenters. The molecule has 0 saturated heterocycles. The third kappa shape index (κ3) is 6.19. The van der Waals surface area contributed by atoms with Gasteiger partial charge in [0.15, 0.2) is 0 Å². The summed E-state index contributed by atoms with van der Waals surface area (Å²) in [6, 6.07) is 0.830. The third-order valence-corrected chi connectivity index (χ3v) is 4.41. The van der Waals surface area contributed by atoms with Crippen molar-refractivity contribution >= 4 is 0 Å². The predicted molar refractivity (Wildman–Crippen MR) is 81.0 cm³/mol. The summed E-state index contributed by atoms with van der Waals surface area (Å²) < 4.78 is 0. The van der Waals surface area contributed by atoms with Gasteiger partial charge in [-0.05, 0) is 51.1 Å². The maximum absolute atomic E-state index is 3.58. The van der Waals surface area contributed by atoms with Crippen molar-refractivity contribution in [2.75, 3.05) is 26.7 Å². The van der Waals surface area contributed by atoms with E-state index in [1.165, 1.54) is 51.6 Å². The Morgan fingerprint density at radius 2 is 1.89 bits per heavy atom. The Bertz CT molecular complexity index is 203. The van der Waals surface area contributed by atoms with Gasteiger partial charge in [0, 0.05) is 19.1 Å². The van der Waals surface area contributed by atoms with E-state index in [-0.39, 0.29) is 0 Å². The lowest BCUT2D eigenvalue weighted by Gasteiger charge is -2.36. The van der Waals surface area contributed by atoms with Crippen molar-refractivity contribution in [1.29, 1.82) is 0 Å². The van der Waals surface area contributed by atoms with E-state index < -0.39 is 0 Å². The summed E-state index contributed by atoms with van der Waals surface area (Å²) >= 11 is 0.